The number of nitrogens with zero attached hydrogens (tertiary/aromatic N) is 4. The van der Waals surface area contributed by atoms with E-state index in [2.05, 4.69) is 10.5 Å². The number of carbonyl (C=O) groups excluding carboxylic acids is 1. The Morgan fingerprint density at radius 3 is 2.48 bits per heavy atom. The average Bonchev–Trinajstić information content (AvgIpc) is 3.33. The highest BCUT2D eigenvalue weighted by molar-refractivity contribution is 7.20. The topological polar surface area (TPSA) is 133 Å². The quantitative estimate of drug-likeness (QED) is 0.247. The highest BCUT2D eigenvalue weighted by atomic mass is 32.1. The van der Waals surface area contributed by atoms with Crippen molar-refractivity contribution in [3.05, 3.63) is 96.7 Å². The van der Waals surface area contributed by atoms with Crippen LogP contribution >= 0.6 is 11.3 Å². The van der Waals surface area contributed by atoms with Gasteiger partial charge in [-0.1, -0.05) is 6.07 Å². The zero-order valence-electron chi connectivity index (χ0n) is 17.5. The predicted octanol–water partition coefficient (Wildman–Crippen LogP) is 4.89. The zero-order valence-corrected chi connectivity index (χ0v) is 18.3. The first kappa shape index (κ1) is 21.8. The molecule has 0 aliphatic carbocycles. The highest BCUT2D eigenvalue weighted by Gasteiger charge is 2.14. The van der Waals surface area contributed by atoms with Gasteiger partial charge in [-0.05, 0) is 38.1 Å². The van der Waals surface area contributed by atoms with Gasteiger partial charge in [0.15, 0.2) is 0 Å². The summed E-state index contributed by atoms with van der Waals surface area (Å²) in [5.74, 6) is -0.428. The number of nitro groups is 2. The van der Waals surface area contributed by atoms with Crippen LogP contribution in [-0.2, 0) is 0 Å². The second kappa shape index (κ2) is 8.63. The summed E-state index contributed by atoms with van der Waals surface area (Å²) in [7, 11) is 0. The Labute approximate surface area is 191 Å². The van der Waals surface area contributed by atoms with E-state index in [4.69, 9.17) is 0 Å². The van der Waals surface area contributed by atoms with E-state index in [0.717, 1.165) is 21.7 Å². The van der Waals surface area contributed by atoms with E-state index in [1.54, 1.807) is 24.3 Å². The molecule has 2 aromatic heterocycles. The van der Waals surface area contributed by atoms with Gasteiger partial charge in [0.2, 0.25) is 0 Å². The van der Waals surface area contributed by atoms with Crippen LogP contribution in [0, 0.1) is 34.1 Å². The molecule has 0 fully saturated rings. The van der Waals surface area contributed by atoms with E-state index in [9.17, 15) is 25.0 Å². The lowest BCUT2D eigenvalue weighted by Crippen LogP contribution is -2.16. The van der Waals surface area contributed by atoms with Crippen molar-refractivity contribution in [1.29, 1.82) is 0 Å². The number of hydrazone groups is 1. The number of fused-ring (bicyclic) bond motifs is 1. The molecule has 2 aromatic carbocycles. The van der Waals surface area contributed by atoms with Gasteiger partial charge in [0.25, 0.3) is 17.3 Å². The summed E-state index contributed by atoms with van der Waals surface area (Å²) in [6.45, 7) is 3.73. The molecule has 0 spiro atoms. The molecule has 0 aliphatic heterocycles. The number of benzene rings is 2. The lowest BCUT2D eigenvalue weighted by molar-refractivity contribution is -0.385. The number of thiophene rings is 1. The number of rotatable bonds is 6. The standard InChI is InChI=1S/C22H17N5O5S/c1-13-8-16(14(2)25(13)17-4-3-5-18(11-17)26(29)30)12-23-24-22(28)21-10-15-9-19(27(31)32)6-7-20(15)33-21/h3-12H,1-2H3,(H,24,28). The fourth-order valence-electron chi connectivity index (χ4n) is 3.53. The number of nitrogens with one attached hydrogen (secondary N) is 1. The van der Waals surface area contributed by atoms with Crippen LogP contribution in [-0.4, -0.2) is 26.5 Å². The van der Waals surface area contributed by atoms with E-state index in [-0.39, 0.29) is 11.4 Å². The molecule has 0 atom stereocenters. The van der Waals surface area contributed by atoms with Crippen LogP contribution < -0.4 is 5.43 Å². The molecule has 0 aliphatic rings. The summed E-state index contributed by atoms with van der Waals surface area (Å²) in [5.41, 5.74) is 5.49. The number of non-ortho nitro benzene ring substituents is 2. The van der Waals surface area contributed by atoms with Gasteiger partial charge >= 0.3 is 0 Å². The van der Waals surface area contributed by atoms with Crippen LogP contribution in [0.5, 0.6) is 0 Å². The van der Waals surface area contributed by atoms with E-state index < -0.39 is 15.8 Å². The van der Waals surface area contributed by atoms with Gasteiger partial charge in [0, 0.05) is 51.3 Å². The molecular weight excluding hydrogens is 446 g/mol. The van der Waals surface area contributed by atoms with Gasteiger partial charge in [-0.2, -0.15) is 5.10 Å². The second-order valence-electron chi connectivity index (χ2n) is 7.23. The Balaban J connectivity index is 1.53. The molecule has 11 heteroatoms. The number of hydrogen-bond acceptors (Lipinski definition) is 7. The molecule has 2 heterocycles. The first-order valence-corrected chi connectivity index (χ1v) is 10.5. The van der Waals surface area contributed by atoms with E-state index in [1.165, 1.54) is 41.8 Å². The van der Waals surface area contributed by atoms with Crippen molar-refractivity contribution >= 4 is 44.9 Å². The Bertz CT molecular complexity index is 1450. The minimum absolute atomic E-state index is 0.00357. The molecule has 33 heavy (non-hydrogen) atoms. The lowest BCUT2D eigenvalue weighted by atomic mass is 10.2. The van der Waals surface area contributed by atoms with Gasteiger partial charge in [-0.15, -0.1) is 11.3 Å². The highest BCUT2D eigenvalue weighted by Crippen LogP contribution is 2.29. The maximum Gasteiger partial charge on any atom is 0.281 e. The minimum atomic E-state index is -0.481. The van der Waals surface area contributed by atoms with Crippen LogP contribution in [0.1, 0.15) is 26.6 Å². The molecule has 1 amide bonds. The van der Waals surface area contributed by atoms with E-state index in [0.29, 0.717) is 16.0 Å². The van der Waals surface area contributed by atoms with Crippen LogP contribution in [0.25, 0.3) is 15.8 Å². The number of nitro benzene ring substituents is 2. The van der Waals surface area contributed by atoms with Crippen molar-refractivity contribution in [2.24, 2.45) is 5.10 Å². The first-order valence-electron chi connectivity index (χ1n) is 9.70. The van der Waals surface area contributed by atoms with Crippen LogP contribution in [0.4, 0.5) is 11.4 Å². The van der Waals surface area contributed by atoms with Crippen LogP contribution in [0.3, 0.4) is 0 Å². The van der Waals surface area contributed by atoms with Crippen LogP contribution in [0.15, 0.2) is 59.7 Å². The Morgan fingerprint density at radius 2 is 1.76 bits per heavy atom. The van der Waals surface area contributed by atoms with Crippen molar-refractivity contribution in [2.75, 3.05) is 0 Å². The lowest BCUT2D eigenvalue weighted by Gasteiger charge is -2.09. The summed E-state index contributed by atoms with van der Waals surface area (Å²) >= 11 is 1.22. The van der Waals surface area contributed by atoms with E-state index >= 15 is 0 Å². The summed E-state index contributed by atoms with van der Waals surface area (Å²) < 4.78 is 2.63. The fraction of sp³-hybridized carbons (Fsp3) is 0.0909. The largest absolute Gasteiger partial charge is 0.318 e. The zero-order chi connectivity index (χ0) is 23.7. The number of carbonyl (C=O) groups is 1. The number of hydrogen-bond donors (Lipinski definition) is 1. The maximum absolute atomic E-state index is 12.5. The van der Waals surface area contributed by atoms with Crippen molar-refractivity contribution in [1.82, 2.24) is 9.99 Å². The van der Waals surface area contributed by atoms with Crippen molar-refractivity contribution < 1.29 is 14.6 Å². The molecule has 0 bridgehead atoms. The molecule has 4 rings (SSSR count). The molecule has 0 radical (unpaired) electrons. The van der Waals surface area contributed by atoms with Gasteiger partial charge < -0.3 is 4.57 Å². The summed E-state index contributed by atoms with van der Waals surface area (Å²) in [5, 5.41) is 26.7. The van der Waals surface area contributed by atoms with Gasteiger partial charge in [0.05, 0.1) is 26.6 Å². The maximum atomic E-state index is 12.5. The first-order chi connectivity index (χ1) is 15.7. The predicted molar refractivity (Wildman–Crippen MR) is 125 cm³/mol. The van der Waals surface area contributed by atoms with Crippen molar-refractivity contribution in [2.45, 2.75) is 13.8 Å². The molecule has 166 valence electrons. The molecule has 0 saturated heterocycles. The van der Waals surface area contributed by atoms with Gasteiger partial charge in [-0.25, -0.2) is 5.43 Å². The average molecular weight is 463 g/mol. The third kappa shape index (κ3) is 4.34. The third-order valence-corrected chi connectivity index (χ3v) is 6.19. The normalized spacial score (nSPS) is 11.2. The second-order valence-corrected chi connectivity index (χ2v) is 8.31. The van der Waals surface area contributed by atoms with Crippen molar-refractivity contribution in [3.63, 3.8) is 0 Å². The molecule has 1 N–H and O–H groups in total. The molecule has 10 nitrogen and oxygen atoms in total. The number of aryl methyl sites for hydroxylation is 1. The molecule has 0 unspecified atom stereocenters. The Hall–Kier alpha value is -4.38. The van der Waals surface area contributed by atoms with Crippen LogP contribution in [0.2, 0.25) is 0 Å². The number of aromatic nitrogens is 1. The van der Waals surface area contributed by atoms with Gasteiger partial charge in [-0.3, -0.25) is 25.0 Å². The smallest absolute Gasteiger partial charge is 0.281 e. The third-order valence-electron chi connectivity index (χ3n) is 5.07. The molecule has 0 saturated carbocycles. The number of amides is 1. The Morgan fingerprint density at radius 1 is 1.03 bits per heavy atom. The SMILES string of the molecule is Cc1cc(C=NNC(=O)c2cc3cc([N+](=O)[O-])ccc3s2)c(C)n1-c1cccc([N+](=O)[O-])c1. The molecule has 4 aromatic rings. The van der Waals surface area contributed by atoms with Gasteiger partial charge in [0.1, 0.15) is 0 Å². The van der Waals surface area contributed by atoms with Crippen molar-refractivity contribution in [3.8, 4) is 5.69 Å². The van der Waals surface area contributed by atoms with E-state index in [1.807, 2.05) is 24.5 Å². The Kier molecular flexibility index (Phi) is 5.71. The summed E-state index contributed by atoms with van der Waals surface area (Å²) in [6, 6.07) is 14.2. The summed E-state index contributed by atoms with van der Waals surface area (Å²) in [4.78, 5) is 34.0. The monoisotopic (exact) mass is 463 g/mol. The summed E-state index contributed by atoms with van der Waals surface area (Å²) in [6.07, 6.45) is 1.51. The molecular formula is C22H17N5O5S. The fourth-order valence-corrected chi connectivity index (χ4v) is 4.47. The minimum Gasteiger partial charge on any atom is -0.318 e.